The third-order valence-electron chi connectivity index (χ3n) is 5.00. The Balaban J connectivity index is 4.18. The number of unbranched alkanes of at least 4 members (excludes halogenated alkanes) is 7. The van der Waals surface area contributed by atoms with Crippen molar-refractivity contribution in [3.63, 3.8) is 0 Å². The normalized spacial score (nSPS) is 13.0. The van der Waals surface area contributed by atoms with Crippen molar-refractivity contribution < 1.29 is 23.5 Å². The summed E-state index contributed by atoms with van der Waals surface area (Å²) in [6.45, 7) is 5.11. The quantitative estimate of drug-likeness (QED) is 0.0932. The maximum absolute atomic E-state index is 12.3. The Hall–Kier alpha value is -1.62. The molecular weight excluding hydrogens is 402 g/mol. The number of carbonyl (C=O) groups excluding carboxylic acids is 2. The monoisotopic (exact) mass is 452 g/mol. The summed E-state index contributed by atoms with van der Waals surface area (Å²) < 4.78 is 11.7. The van der Waals surface area contributed by atoms with Gasteiger partial charge in [-0.1, -0.05) is 57.4 Å². The van der Waals surface area contributed by atoms with E-state index in [1.807, 2.05) is 21.1 Å². The Morgan fingerprint density at radius 3 is 1.78 bits per heavy atom. The summed E-state index contributed by atoms with van der Waals surface area (Å²) >= 11 is 0. The first kappa shape index (κ1) is 30.4. The first-order valence-electron chi connectivity index (χ1n) is 12.7. The highest BCUT2D eigenvalue weighted by Crippen LogP contribution is 2.09. The van der Waals surface area contributed by atoms with Crippen LogP contribution in [-0.2, 0) is 19.1 Å². The Bertz CT molecular complexity index is 534. The molecule has 186 valence electrons. The van der Waals surface area contributed by atoms with Gasteiger partial charge < -0.3 is 14.0 Å². The molecular formula is C27H50NO4+. The smallest absolute Gasteiger partial charge is 0.306 e. The predicted molar refractivity (Wildman–Crippen MR) is 133 cm³/mol. The highest BCUT2D eigenvalue weighted by atomic mass is 16.6. The number of hydrogen-bond acceptors (Lipinski definition) is 4. The molecule has 0 rings (SSSR count). The van der Waals surface area contributed by atoms with Gasteiger partial charge in [-0.15, -0.1) is 0 Å². The molecule has 0 saturated carbocycles. The number of carbonyl (C=O) groups is 2. The van der Waals surface area contributed by atoms with Crippen LogP contribution in [0, 0.1) is 0 Å². The van der Waals surface area contributed by atoms with Gasteiger partial charge in [0.15, 0.2) is 6.10 Å². The molecule has 0 aliphatic heterocycles. The fourth-order valence-corrected chi connectivity index (χ4v) is 3.26. The summed E-state index contributed by atoms with van der Waals surface area (Å²) in [6.07, 6.45) is 20.8. The van der Waals surface area contributed by atoms with Crippen LogP contribution in [0.5, 0.6) is 0 Å². The van der Waals surface area contributed by atoms with E-state index in [2.05, 4.69) is 38.2 Å². The van der Waals surface area contributed by atoms with Crippen LogP contribution in [0.2, 0.25) is 0 Å². The first-order chi connectivity index (χ1) is 15.3. The lowest BCUT2D eigenvalue weighted by atomic mass is 10.1. The Morgan fingerprint density at radius 2 is 1.25 bits per heavy atom. The zero-order chi connectivity index (χ0) is 24.1. The van der Waals surface area contributed by atoms with Crippen LogP contribution in [0.3, 0.4) is 0 Å². The number of allylic oxidation sites excluding steroid dienone is 4. The molecule has 0 saturated heterocycles. The van der Waals surface area contributed by atoms with E-state index in [1.54, 1.807) is 0 Å². The lowest BCUT2D eigenvalue weighted by molar-refractivity contribution is -0.873. The molecule has 0 N–H and O–H groups in total. The minimum Gasteiger partial charge on any atom is -0.461 e. The van der Waals surface area contributed by atoms with Crippen LogP contribution >= 0.6 is 0 Å². The van der Waals surface area contributed by atoms with Crippen LogP contribution in [0.1, 0.15) is 97.3 Å². The summed E-state index contributed by atoms with van der Waals surface area (Å²) in [4.78, 5) is 24.4. The van der Waals surface area contributed by atoms with Crippen molar-refractivity contribution in [2.45, 2.75) is 103 Å². The van der Waals surface area contributed by atoms with Gasteiger partial charge in [-0.05, 0) is 51.4 Å². The van der Waals surface area contributed by atoms with E-state index in [0.29, 0.717) is 23.9 Å². The minimum absolute atomic E-state index is 0.136. The van der Waals surface area contributed by atoms with Crippen molar-refractivity contribution in [1.29, 1.82) is 0 Å². The fourth-order valence-electron chi connectivity index (χ4n) is 3.26. The molecule has 0 bridgehead atoms. The van der Waals surface area contributed by atoms with Crippen LogP contribution in [0.25, 0.3) is 0 Å². The van der Waals surface area contributed by atoms with E-state index < -0.39 is 6.10 Å². The Labute approximate surface area is 197 Å². The number of esters is 2. The molecule has 1 unspecified atom stereocenters. The standard InChI is InChI=1S/C27H50NO4/c1-6-8-10-12-14-16-17-19-21-26(29)31-24-25(23-28(3,4)5)32-27(30)22-20-18-15-13-11-9-7-2/h11-14,25H,6-10,15-24H2,1-5H3/q+1/b13-11+,14-12+. The highest BCUT2D eigenvalue weighted by molar-refractivity contribution is 5.70. The van der Waals surface area contributed by atoms with Crippen LogP contribution < -0.4 is 0 Å². The topological polar surface area (TPSA) is 52.6 Å². The van der Waals surface area contributed by atoms with Gasteiger partial charge in [0.25, 0.3) is 0 Å². The molecule has 0 fully saturated rings. The van der Waals surface area contributed by atoms with Gasteiger partial charge in [-0.25, -0.2) is 0 Å². The number of hydrogen-bond donors (Lipinski definition) is 0. The van der Waals surface area contributed by atoms with E-state index in [1.165, 1.54) is 12.8 Å². The molecule has 0 heterocycles. The average molecular weight is 453 g/mol. The number of rotatable bonds is 20. The van der Waals surface area contributed by atoms with Crippen molar-refractivity contribution in [3.05, 3.63) is 24.3 Å². The first-order valence-corrected chi connectivity index (χ1v) is 12.7. The summed E-state index contributed by atoms with van der Waals surface area (Å²) in [7, 11) is 6.12. The second kappa shape index (κ2) is 20.0. The predicted octanol–water partition coefficient (Wildman–Crippen LogP) is 6.37. The second-order valence-electron chi connectivity index (χ2n) is 9.63. The largest absolute Gasteiger partial charge is 0.461 e. The summed E-state index contributed by atoms with van der Waals surface area (Å²) in [5, 5.41) is 0. The zero-order valence-corrected chi connectivity index (χ0v) is 21.6. The van der Waals surface area contributed by atoms with Crippen molar-refractivity contribution in [2.75, 3.05) is 34.3 Å². The number of ether oxygens (including phenoxy) is 2. The molecule has 0 amide bonds. The molecule has 0 aliphatic carbocycles. The molecule has 0 radical (unpaired) electrons. The molecule has 0 aromatic heterocycles. The van der Waals surface area contributed by atoms with Gasteiger partial charge in [-0.3, -0.25) is 9.59 Å². The van der Waals surface area contributed by atoms with Gasteiger partial charge in [0, 0.05) is 12.8 Å². The SMILES string of the molecule is CCC/C=C/CCCCC(=O)OC(COC(=O)CCCC/C=C/CCCC)C[N+](C)(C)C. The van der Waals surface area contributed by atoms with Crippen LogP contribution in [-0.4, -0.2) is 56.8 Å². The van der Waals surface area contributed by atoms with Crippen molar-refractivity contribution in [2.24, 2.45) is 0 Å². The Kier molecular flexibility index (Phi) is 19.0. The van der Waals surface area contributed by atoms with E-state index in [-0.39, 0.29) is 18.5 Å². The second-order valence-corrected chi connectivity index (χ2v) is 9.63. The van der Waals surface area contributed by atoms with Gasteiger partial charge in [0.1, 0.15) is 13.2 Å². The molecule has 0 spiro atoms. The molecule has 0 aromatic carbocycles. The van der Waals surface area contributed by atoms with Crippen LogP contribution in [0.4, 0.5) is 0 Å². The number of nitrogens with zero attached hydrogens (tertiary/aromatic N) is 1. The zero-order valence-electron chi connectivity index (χ0n) is 21.6. The molecule has 5 heteroatoms. The van der Waals surface area contributed by atoms with E-state index in [4.69, 9.17) is 9.47 Å². The third kappa shape index (κ3) is 21.6. The maximum atomic E-state index is 12.3. The summed E-state index contributed by atoms with van der Waals surface area (Å²) in [5.41, 5.74) is 0. The lowest BCUT2D eigenvalue weighted by Gasteiger charge is -2.28. The third-order valence-corrected chi connectivity index (χ3v) is 5.00. The van der Waals surface area contributed by atoms with Gasteiger partial charge in [-0.2, -0.15) is 0 Å². The van der Waals surface area contributed by atoms with E-state index in [0.717, 1.165) is 57.8 Å². The van der Waals surface area contributed by atoms with Gasteiger partial charge in [0.05, 0.1) is 21.1 Å². The maximum Gasteiger partial charge on any atom is 0.306 e. The lowest BCUT2D eigenvalue weighted by Crippen LogP contribution is -2.45. The average Bonchev–Trinajstić information content (AvgIpc) is 2.72. The molecule has 32 heavy (non-hydrogen) atoms. The minimum atomic E-state index is -0.405. The molecule has 0 aliphatic rings. The van der Waals surface area contributed by atoms with Crippen LogP contribution in [0.15, 0.2) is 24.3 Å². The molecule has 5 nitrogen and oxygen atoms in total. The van der Waals surface area contributed by atoms with Gasteiger partial charge >= 0.3 is 11.9 Å². The van der Waals surface area contributed by atoms with E-state index in [9.17, 15) is 9.59 Å². The Morgan fingerprint density at radius 1 is 0.719 bits per heavy atom. The fraction of sp³-hybridized carbons (Fsp3) is 0.778. The molecule has 1 atom stereocenters. The van der Waals surface area contributed by atoms with Crippen molar-refractivity contribution in [1.82, 2.24) is 0 Å². The highest BCUT2D eigenvalue weighted by Gasteiger charge is 2.23. The van der Waals surface area contributed by atoms with Crippen molar-refractivity contribution in [3.8, 4) is 0 Å². The summed E-state index contributed by atoms with van der Waals surface area (Å²) in [6, 6.07) is 0. The number of likely N-dealkylation sites (N-methyl/N-ethyl adjacent to an activating group) is 1. The van der Waals surface area contributed by atoms with E-state index >= 15 is 0 Å². The molecule has 0 aromatic rings. The van der Waals surface area contributed by atoms with Gasteiger partial charge in [0.2, 0.25) is 0 Å². The summed E-state index contributed by atoms with van der Waals surface area (Å²) in [5.74, 6) is -0.409. The number of quaternary nitrogens is 1. The van der Waals surface area contributed by atoms with Crippen molar-refractivity contribution >= 4 is 11.9 Å².